The molecule has 0 aliphatic carbocycles. The van der Waals surface area contributed by atoms with Crippen LogP contribution in [-0.2, 0) is 6.61 Å². The summed E-state index contributed by atoms with van der Waals surface area (Å²) in [5.41, 5.74) is 4.26. The fourth-order valence-corrected chi connectivity index (χ4v) is 3.28. The summed E-state index contributed by atoms with van der Waals surface area (Å²) in [6.45, 7) is 2.78. The van der Waals surface area contributed by atoms with E-state index < -0.39 is 4.92 Å². The Bertz CT molecular complexity index is 1310. The number of rotatable bonds is 9. The molecule has 1 aromatic heterocycles. The van der Waals surface area contributed by atoms with Crippen LogP contribution in [0.25, 0.3) is 10.8 Å². The molecule has 0 saturated heterocycles. The number of benzene rings is 3. The molecule has 1 N–H and O–H groups in total. The van der Waals surface area contributed by atoms with Gasteiger partial charge >= 0.3 is 5.69 Å². The zero-order valence-corrected chi connectivity index (χ0v) is 18.0. The lowest BCUT2D eigenvalue weighted by molar-refractivity contribution is -0.384. The Morgan fingerprint density at radius 2 is 1.85 bits per heavy atom. The molecule has 0 spiro atoms. The Labute approximate surface area is 190 Å². The van der Waals surface area contributed by atoms with Gasteiger partial charge in [-0.05, 0) is 59.2 Å². The third-order valence-electron chi connectivity index (χ3n) is 4.84. The topological polar surface area (TPSA) is 98.9 Å². The first-order chi connectivity index (χ1) is 16.1. The minimum atomic E-state index is -0.514. The first-order valence-electron chi connectivity index (χ1n) is 10.4. The summed E-state index contributed by atoms with van der Waals surface area (Å²) in [6, 6.07) is 22.7. The maximum Gasteiger partial charge on any atom is 0.313 e. The van der Waals surface area contributed by atoms with Crippen LogP contribution < -0.4 is 14.9 Å². The zero-order chi connectivity index (χ0) is 23.0. The Kier molecular flexibility index (Phi) is 6.75. The second-order valence-electron chi connectivity index (χ2n) is 7.11. The Morgan fingerprint density at radius 1 is 1.00 bits per heavy atom. The highest BCUT2D eigenvalue weighted by molar-refractivity contribution is 5.83. The highest BCUT2D eigenvalue weighted by atomic mass is 16.6. The second kappa shape index (κ2) is 10.2. The molecule has 166 valence electrons. The van der Waals surface area contributed by atoms with E-state index in [-0.39, 0.29) is 11.5 Å². The predicted molar refractivity (Wildman–Crippen MR) is 128 cm³/mol. The highest BCUT2D eigenvalue weighted by Crippen LogP contribution is 2.29. The van der Waals surface area contributed by atoms with Crippen LogP contribution in [0.2, 0.25) is 0 Å². The minimum Gasteiger partial charge on any atom is -0.490 e. The molecule has 4 rings (SSSR count). The van der Waals surface area contributed by atoms with Gasteiger partial charge in [-0.15, -0.1) is 0 Å². The van der Waals surface area contributed by atoms with Crippen LogP contribution in [0.3, 0.4) is 0 Å². The van der Waals surface area contributed by atoms with E-state index in [0.717, 1.165) is 16.5 Å². The summed E-state index contributed by atoms with van der Waals surface area (Å²) in [4.78, 5) is 14.5. The molecule has 33 heavy (non-hydrogen) atoms. The fourth-order valence-electron chi connectivity index (χ4n) is 3.28. The number of pyridine rings is 1. The van der Waals surface area contributed by atoms with Crippen molar-refractivity contribution in [1.82, 2.24) is 4.98 Å². The largest absolute Gasteiger partial charge is 0.490 e. The van der Waals surface area contributed by atoms with E-state index in [2.05, 4.69) is 39.8 Å². The van der Waals surface area contributed by atoms with Crippen LogP contribution in [0, 0.1) is 10.1 Å². The van der Waals surface area contributed by atoms with Crippen molar-refractivity contribution in [1.29, 1.82) is 0 Å². The normalized spacial score (nSPS) is 10.9. The van der Waals surface area contributed by atoms with Gasteiger partial charge in [0.1, 0.15) is 6.61 Å². The van der Waals surface area contributed by atoms with Crippen molar-refractivity contribution in [2.75, 3.05) is 12.0 Å². The molecule has 0 atom stereocenters. The fraction of sp³-hybridized carbons (Fsp3) is 0.120. The lowest BCUT2D eigenvalue weighted by Gasteiger charge is -2.13. The van der Waals surface area contributed by atoms with Crippen LogP contribution in [0.15, 0.2) is 84.1 Å². The Hall–Kier alpha value is -4.46. The van der Waals surface area contributed by atoms with Gasteiger partial charge in [-0.1, -0.05) is 36.4 Å². The first kappa shape index (κ1) is 21.8. The molecule has 0 unspecified atom stereocenters. The van der Waals surface area contributed by atoms with Crippen LogP contribution >= 0.6 is 0 Å². The molecule has 0 aliphatic heterocycles. The first-order valence-corrected chi connectivity index (χ1v) is 10.4. The molecule has 4 aromatic rings. The summed E-state index contributed by atoms with van der Waals surface area (Å²) in [5.74, 6) is 1.28. The van der Waals surface area contributed by atoms with E-state index in [1.54, 1.807) is 6.07 Å². The summed E-state index contributed by atoms with van der Waals surface area (Å²) in [6.07, 6.45) is 2.99. The molecule has 0 radical (unpaired) electrons. The number of fused-ring (bicyclic) bond motifs is 1. The molecule has 0 fully saturated rings. The van der Waals surface area contributed by atoms with Gasteiger partial charge in [-0.3, -0.25) is 15.5 Å². The number of ether oxygens (including phenoxy) is 2. The SMILES string of the molecule is CCOc1cc(/C=N\Nc2ncccc2[N+](=O)[O-])ccc1OCc1ccc2ccccc2c1. The summed E-state index contributed by atoms with van der Waals surface area (Å²) >= 11 is 0. The molecule has 3 aromatic carbocycles. The van der Waals surface area contributed by atoms with Gasteiger partial charge in [0.05, 0.1) is 17.7 Å². The van der Waals surface area contributed by atoms with Gasteiger partial charge in [-0.25, -0.2) is 4.98 Å². The number of nitro groups is 1. The van der Waals surface area contributed by atoms with Gasteiger partial charge in [0, 0.05) is 12.3 Å². The summed E-state index contributed by atoms with van der Waals surface area (Å²) in [5, 5.41) is 17.5. The molecular weight excluding hydrogens is 420 g/mol. The van der Waals surface area contributed by atoms with E-state index in [4.69, 9.17) is 9.47 Å². The number of anilines is 1. The average molecular weight is 442 g/mol. The molecule has 8 heteroatoms. The van der Waals surface area contributed by atoms with E-state index >= 15 is 0 Å². The monoisotopic (exact) mass is 442 g/mol. The smallest absolute Gasteiger partial charge is 0.313 e. The molecule has 0 aliphatic rings. The van der Waals surface area contributed by atoms with E-state index in [1.807, 2.05) is 37.3 Å². The zero-order valence-electron chi connectivity index (χ0n) is 18.0. The van der Waals surface area contributed by atoms with Gasteiger partial charge in [0.25, 0.3) is 0 Å². The van der Waals surface area contributed by atoms with Crippen molar-refractivity contribution >= 4 is 28.5 Å². The molecule has 1 heterocycles. The number of nitrogens with zero attached hydrogens (tertiary/aromatic N) is 3. The summed E-state index contributed by atoms with van der Waals surface area (Å²) < 4.78 is 11.8. The third kappa shape index (κ3) is 5.43. The Balaban J connectivity index is 1.46. The van der Waals surface area contributed by atoms with Crippen LogP contribution in [-0.4, -0.2) is 22.7 Å². The molecular formula is C25H22N4O4. The van der Waals surface area contributed by atoms with Gasteiger partial charge in [0.15, 0.2) is 11.5 Å². The predicted octanol–water partition coefficient (Wildman–Crippen LogP) is 5.57. The third-order valence-corrected chi connectivity index (χ3v) is 4.84. The van der Waals surface area contributed by atoms with E-state index in [1.165, 1.54) is 29.9 Å². The Morgan fingerprint density at radius 3 is 2.67 bits per heavy atom. The second-order valence-corrected chi connectivity index (χ2v) is 7.11. The number of aromatic nitrogens is 1. The highest BCUT2D eigenvalue weighted by Gasteiger charge is 2.13. The van der Waals surface area contributed by atoms with Crippen molar-refractivity contribution in [2.45, 2.75) is 13.5 Å². The van der Waals surface area contributed by atoms with Crippen LogP contribution in [0.1, 0.15) is 18.1 Å². The van der Waals surface area contributed by atoms with Crippen molar-refractivity contribution in [2.24, 2.45) is 5.10 Å². The lowest BCUT2D eigenvalue weighted by atomic mass is 10.1. The van der Waals surface area contributed by atoms with Crippen molar-refractivity contribution in [3.8, 4) is 11.5 Å². The molecule has 0 saturated carbocycles. The number of hydrogen-bond donors (Lipinski definition) is 1. The lowest BCUT2D eigenvalue weighted by Crippen LogP contribution is -2.01. The number of hydrazone groups is 1. The van der Waals surface area contributed by atoms with Crippen molar-refractivity contribution in [3.63, 3.8) is 0 Å². The average Bonchev–Trinajstić information content (AvgIpc) is 2.84. The summed E-state index contributed by atoms with van der Waals surface area (Å²) in [7, 11) is 0. The molecule has 0 amide bonds. The van der Waals surface area contributed by atoms with Gasteiger partial charge in [0.2, 0.25) is 5.82 Å². The maximum absolute atomic E-state index is 11.1. The van der Waals surface area contributed by atoms with Crippen LogP contribution in [0.5, 0.6) is 11.5 Å². The number of hydrogen-bond acceptors (Lipinski definition) is 7. The maximum atomic E-state index is 11.1. The van der Waals surface area contributed by atoms with E-state index in [9.17, 15) is 10.1 Å². The van der Waals surface area contributed by atoms with Crippen molar-refractivity contribution < 1.29 is 14.4 Å². The van der Waals surface area contributed by atoms with Gasteiger partial charge in [-0.2, -0.15) is 5.10 Å². The molecule has 8 nitrogen and oxygen atoms in total. The van der Waals surface area contributed by atoms with Gasteiger partial charge < -0.3 is 9.47 Å². The van der Waals surface area contributed by atoms with Crippen LogP contribution in [0.4, 0.5) is 11.5 Å². The van der Waals surface area contributed by atoms with E-state index in [0.29, 0.717) is 24.7 Å². The standard InChI is InChI=1S/C25H22N4O4/c1-2-32-24-15-18(16-27-28-25-22(29(30)31)8-5-13-26-25)10-12-23(24)33-17-19-9-11-20-6-3-4-7-21(20)14-19/h3-16H,2,17H2,1H3,(H,26,28)/b27-16-. The van der Waals surface area contributed by atoms with Crippen molar-refractivity contribution in [3.05, 3.63) is 100 Å². The number of nitrogens with one attached hydrogen (secondary N) is 1. The quantitative estimate of drug-likeness (QED) is 0.207. The molecule has 0 bridgehead atoms. The minimum absolute atomic E-state index is 0.0686.